The van der Waals surface area contributed by atoms with Gasteiger partial charge in [-0.05, 0) is 36.8 Å². The van der Waals surface area contributed by atoms with Crippen molar-refractivity contribution in [2.75, 3.05) is 12.4 Å². The average Bonchev–Trinajstić information content (AvgIpc) is 2.66. The number of hydrogen-bond acceptors (Lipinski definition) is 6. The van der Waals surface area contributed by atoms with Crippen LogP contribution in [0.3, 0.4) is 0 Å². The smallest absolute Gasteiger partial charge is 0.331 e. The second-order valence-electron chi connectivity index (χ2n) is 5.49. The van der Waals surface area contributed by atoms with Crippen LogP contribution in [0.15, 0.2) is 54.6 Å². The van der Waals surface area contributed by atoms with Gasteiger partial charge in [-0.25, -0.2) is 4.79 Å². The van der Waals surface area contributed by atoms with Crippen LogP contribution >= 0.6 is 0 Å². The largest absolute Gasteiger partial charge is 0.497 e. The van der Waals surface area contributed by atoms with Gasteiger partial charge in [-0.3, -0.25) is 14.9 Å². The van der Waals surface area contributed by atoms with Crippen LogP contribution in [0, 0.1) is 10.1 Å². The maximum Gasteiger partial charge on any atom is 0.331 e. The fourth-order valence-corrected chi connectivity index (χ4v) is 2.12. The summed E-state index contributed by atoms with van der Waals surface area (Å²) in [6.07, 6.45) is 1.66. The second-order valence-corrected chi connectivity index (χ2v) is 5.49. The number of nitrogens with one attached hydrogen (secondary N) is 1. The van der Waals surface area contributed by atoms with Crippen LogP contribution in [0.5, 0.6) is 5.75 Å². The molecule has 2 rings (SSSR count). The molecule has 0 saturated heterocycles. The van der Waals surface area contributed by atoms with Crippen molar-refractivity contribution in [3.8, 4) is 5.75 Å². The fraction of sp³-hybridized carbons (Fsp3) is 0.158. The molecule has 0 saturated carbocycles. The minimum Gasteiger partial charge on any atom is -0.497 e. The molecule has 0 aromatic heterocycles. The highest BCUT2D eigenvalue weighted by Gasteiger charge is 2.17. The standard InChI is InChI=1S/C19H18N2O6/c1-13(19(23)20-15-6-4-7-16(12-15)21(24)25)27-18(22)10-9-14-5-3-8-17(11-14)26-2/h3-13H,1-2H3,(H,20,23)/b10-9+. The van der Waals surface area contributed by atoms with Gasteiger partial charge in [-0.15, -0.1) is 0 Å². The molecule has 1 atom stereocenters. The average molecular weight is 370 g/mol. The SMILES string of the molecule is COc1cccc(/C=C/C(=O)OC(C)C(=O)Nc2cccc([N+](=O)[O-])c2)c1. The van der Waals surface area contributed by atoms with Gasteiger partial charge in [0.1, 0.15) is 5.75 Å². The normalized spacial score (nSPS) is 11.6. The molecule has 0 bridgehead atoms. The first-order valence-electron chi connectivity index (χ1n) is 7.97. The molecular weight excluding hydrogens is 352 g/mol. The van der Waals surface area contributed by atoms with Crippen LogP contribution in [0.4, 0.5) is 11.4 Å². The Kier molecular flexibility index (Phi) is 6.65. The predicted octanol–water partition coefficient (Wildman–Crippen LogP) is 3.19. The van der Waals surface area contributed by atoms with Crippen molar-refractivity contribution in [3.05, 3.63) is 70.3 Å². The van der Waals surface area contributed by atoms with Gasteiger partial charge < -0.3 is 14.8 Å². The third-order valence-corrected chi connectivity index (χ3v) is 3.49. The summed E-state index contributed by atoms with van der Waals surface area (Å²) < 4.78 is 10.1. The molecule has 0 spiro atoms. The van der Waals surface area contributed by atoms with E-state index in [0.717, 1.165) is 5.56 Å². The van der Waals surface area contributed by atoms with Gasteiger partial charge in [-0.2, -0.15) is 0 Å². The zero-order valence-electron chi connectivity index (χ0n) is 14.7. The van der Waals surface area contributed by atoms with E-state index in [9.17, 15) is 19.7 Å². The molecule has 2 aromatic rings. The number of non-ortho nitro benzene ring substituents is 1. The van der Waals surface area contributed by atoms with Crippen molar-refractivity contribution in [3.63, 3.8) is 0 Å². The summed E-state index contributed by atoms with van der Waals surface area (Å²) in [4.78, 5) is 34.1. The lowest BCUT2D eigenvalue weighted by Gasteiger charge is -2.12. The van der Waals surface area contributed by atoms with Crippen molar-refractivity contribution in [2.24, 2.45) is 0 Å². The van der Waals surface area contributed by atoms with E-state index in [0.29, 0.717) is 5.75 Å². The summed E-state index contributed by atoms with van der Waals surface area (Å²) >= 11 is 0. The Morgan fingerprint density at radius 2 is 1.93 bits per heavy atom. The van der Waals surface area contributed by atoms with E-state index in [1.807, 2.05) is 0 Å². The van der Waals surface area contributed by atoms with Crippen molar-refractivity contribution in [1.29, 1.82) is 0 Å². The summed E-state index contributed by atoms with van der Waals surface area (Å²) in [6.45, 7) is 1.41. The number of amides is 1. The van der Waals surface area contributed by atoms with Gasteiger partial charge in [0.15, 0.2) is 6.10 Å². The molecule has 0 radical (unpaired) electrons. The number of anilines is 1. The lowest BCUT2D eigenvalue weighted by atomic mass is 10.2. The minimum absolute atomic E-state index is 0.154. The quantitative estimate of drug-likeness (QED) is 0.347. The molecule has 8 heteroatoms. The zero-order valence-corrected chi connectivity index (χ0v) is 14.7. The predicted molar refractivity (Wildman–Crippen MR) is 99.3 cm³/mol. The number of hydrogen-bond donors (Lipinski definition) is 1. The van der Waals surface area contributed by atoms with Crippen molar-refractivity contribution < 1.29 is 24.0 Å². The number of nitro benzene ring substituents is 1. The first-order chi connectivity index (χ1) is 12.9. The summed E-state index contributed by atoms with van der Waals surface area (Å²) in [5, 5.41) is 13.2. The number of nitrogens with zero attached hydrogens (tertiary/aromatic N) is 1. The van der Waals surface area contributed by atoms with E-state index >= 15 is 0 Å². The van der Waals surface area contributed by atoms with Crippen molar-refractivity contribution in [1.82, 2.24) is 0 Å². The summed E-state index contributed by atoms with van der Waals surface area (Å²) in [7, 11) is 1.54. The lowest BCUT2D eigenvalue weighted by molar-refractivity contribution is -0.384. The summed E-state index contributed by atoms with van der Waals surface area (Å²) in [6, 6.07) is 12.5. The van der Waals surface area contributed by atoms with Crippen molar-refractivity contribution >= 4 is 29.3 Å². The monoisotopic (exact) mass is 370 g/mol. The topological polar surface area (TPSA) is 108 Å². The number of rotatable bonds is 7. The highest BCUT2D eigenvalue weighted by molar-refractivity contribution is 5.96. The van der Waals surface area contributed by atoms with E-state index in [1.54, 1.807) is 31.4 Å². The van der Waals surface area contributed by atoms with Gasteiger partial charge in [0.25, 0.3) is 11.6 Å². The first kappa shape index (κ1) is 19.6. The number of methoxy groups -OCH3 is 1. The van der Waals surface area contributed by atoms with Crippen LogP contribution in [-0.4, -0.2) is 30.0 Å². The fourth-order valence-electron chi connectivity index (χ4n) is 2.12. The van der Waals surface area contributed by atoms with Crippen LogP contribution in [0.2, 0.25) is 0 Å². The molecule has 0 aliphatic heterocycles. The molecule has 0 heterocycles. The number of benzene rings is 2. The van der Waals surface area contributed by atoms with Gasteiger partial charge in [0.2, 0.25) is 0 Å². The molecule has 1 amide bonds. The van der Waals surface area contributed by atoms with E-state index < -0.39 is 22.9 Å². The van der Waals surface area contributed by atoms with E-state index in [4.69, 9.17) is 9.47 Å². The molecule has 0 aliphatic rings. The van der Waals surface area contributed by atoms with Crippen LogP contribution in [0.25, 0.3) is 6.08 Å². The molecule has 27 heavy (non-hydrogen) atoms. The number of nitro groups is 1. The van der Waals surface area contributed by atoms with Crippen molar-refractivity contribution in [2.45, 2.75) is 13.0 Å². The van der Waals surface area contributed by atoms with Crippen LogP contribution in [-0.2, 0) is 14.3 Å². The van der Waals surface area contributed by atoms with E-state index in [-0.39, 0.29) is 11.4 Å². The number of esters is 1. The minimum atomic E-state index is -1.08. The molecule has 1 unspecified atom stereocenters. The van der Waals surface area contributed by atoms with Crippen LogP contribution in [0.1, 0.15) is 12.5 Å². The van der Waals surface area contributed by atoms with E-state index in [2.05, 4.69) is 5.32 Å². The maximum atomic E-state index is 12.1. The second kappa shape index (κ2) is 9.14. The Labute approximate surface area is 155 Å². The zero-order chi connectivity index (χ0) is 19.8. The molecule has 0 aliphatic carbocycles. The third-order valence-electron chi connectivity index (χ3n) is 3.49. The number of carbonyl (C=O) groups is 2. The highest BCUT2D eigenvalue weighted by atomic mass is 16.6. The number of carbonyl (C=O) groups excluding carboxylic acids is 2. The molecule has 0 fully saturated rings. The summed E-state index contributed by atoms with van der Waals surface area (Å²) in [5.74, 6) is -0.645. The van der Waals surface area contributed by atoms with Gasteiger partial charge in [0.05, 0.1) is 12.0 Å². The van der Waals surface area contributed by atoms with Gasteiger partial charge in [0, 0.05) is 23.9 Å². The molecule has 8 nitrogen and oxygen atoms in total. The Morgan fingerprint density at radius 3 is 2.63 bits per heavy atom. The maximum absolute atomic E-state index is 12.1. The molecule has 1 N–H and O–H groups in total. The van der Waals surface area contributed by atoms with E-state index in [1.165, 1.54) is 43.3 Å². The summed E-state index contributed by atoms with van der Waals surface area (Å²) in [5.41, 5.74) is 0.822. The Hall–Kier alpha value is -3.68. The Balaban J connectivity index is 1.93. The third kappa shape index (κ3) is 5.96. The molecular formula is C19H18N2O6. The van der Waals surface area contributed by atoms with Gasteiger partial charge >= 0.3 is 5.97 Å². The van der Waals surface area contributed by atoms with Crippen LogP contribution < -0.4 is 10.1 Å². The van der Waals surface area contributed by atoms with Gasteiger partial charge in [-0.1, -0.05) is 18.2 Å². The number of ether oxygens (including phenoxy) is 2. The highest BCUT2D eigenvalue weighted by Crippen LogP contribution is 2.17. The molecule has 140 valence electrons. The Bertz CT molecular complexity index is 878. The first-order valence-corrected chi connectivity index (χ1v) is 7.97. The lowest BCUT2D eigenvalue weighted by Crippen LogP contribution is -2.29. The molecule has 2 aromatic carbocycles. The Morgan fingerprint density at radius 1 is 1.19 bits per heavy atom.